The molecule has 0 aliphatic carbocycles. The number of rotatable bonds is 7. The van der Waals surface area contributed by atoms with E-state index in [-0.39, 0.29) is 0 Å². The van der Waals surface area contributed by atoms with Crippen molar-refractivity contribution in [1.29, 1.82) is 0 Å². The Morgan fingerprint density at radius 3 is 2.93 bits per heavy atom. The molecule has 2 aromatic heterocycles. The molecule has 0 atom stereocenters. The lowest BCUT2D eigenvalue weighted by atomic mass is 10.2. The molecule has 4 aromatic rings. The van der Waals surface area contributed by atoms with Crippen LogP contribution in [0.1, 0.15) is 6.42 Å². The molecule has 8 heteroatoms. The van der Waals surface area contributed by atoms with Crippen LogP contribution in [0.15, 0.2) is 65.9 Å². The summed E-state index contributed by atoms with van der Waals surface area (Å²) in [5.74, 6) is 1.33. The van der Waals surface area contributed by atoms with Crippen LogP contribution in [0, 0.1) is 0 Å². The third-order valence-corrected chi connectivity index (χ3v) is 4.72. The summed E-state index contributed by atoms with van der Waals surface area (Å²) in [6, 6.07) is 11.6. The summed E-state index contributed by atoms with van der Waals surface area (Å²) in [5, 5.41) is 4.15. The molecule has 0 fully saturated rings. The first kappa shape index (κ1) is 18.2. The minimum Gasteiger partial charge on any atom is -0.491 e. The average molecular weight is 439 g/mol. The third kappa shape index (κ3) is 4.23. The highest BCUT2D eigenvalue weighted by Crippen LogP contribution is 2.31. The first-order chi connectivity index (χ1) is 13.7. The molecule has 0 bridgehead atoms. The molecule has 0 amide bonds. The second kappa shape index (κ2) is 8.26. The van der Waals surface area contributed by atoms with E-state index in [4.69, 9.17) is 10.5 Å². The van der Waals surface area contributed by atoms with Gasteiger partial charge in [0, 0.05) is 40.6 Å². The number of aromatic nitrogens is 4. The number of nitrogens with zero attached hydrogens (tertiary/aromatic N) is 4. The zero-order valence-corrected chi connectivity index (χ0v) is 16.6. The van der Waals surface area contributed by atoms with Crippen LogP contribution in [-0.2, 0) is 6.54 Å². The Kier molecular flexibility index (Phi) is 5.38. The molecule has 3 N–H and O–H groups in total. The first-order valence-electron chi connectivity index (χ1n) is 8.84. The number of imidazole rings is 1. The molecule has 2 aromatic carbocycles. The minimum atomic E-state index is 0.558. The number of nitrogens with one attached hydrogen (secondary N) is 1. The number of aryl methyl sites for hydroxylation is 1. The van der Waals surface area contributed by atoms with E-state index in [2.05, 4.69) is 36.2 Å². The Hall–Kier alpha value is -3.13. The molecule has 0 unspecified atom stereocenters. The maximum absolute atomic E-state index is 6.22. The lowest BCUT2D eigenvalue weighted by Gasteiger charge is -2.13. The van der Waals surface area contributed by atoms with Crippen molar-refractivity contribution < 1.29 is 4.74 Å². The summed E-state index contributed by atoms with van der Waals surface area (Å²) in [6.07, 6.45) is 7.87. The SMILES string of the molecule is Nc1cc2c(Nc3cccc(Br)c3)ncnc2cc1OCCCn1ccnc1. The normalized spacial score (nSPS) is 10.9. The van der Waals surface area contributed by atoms with Gasteiger partial charge in [-0.3, -0.25) is 0 Å². The van der Waals surface area contributed by atoms with Gasteiger partial charge >= 0.3 is 0 Å². The van der Waals surface area contributed by atoms with Crippen LogP contribution in [0.3, 0.4) is 0 Å². The van der Waals surface area contributed by atoms with Crippen molar-refractivity contribution in [2.75, 3.05) is 17.7 Å². The summed E-state index contributed by atoms with van der Waals surface area (Å²) in [4.78, 5) is 12.8. The monoisotopic (exact) mass is 438 g/mol. The van der Waals surface area contributed by atoms with E-state index < -0.39 is 0 Å². The van der Waals surface area contributed by atoms with Gasteiger partial charge in [-0.1, -0.05) is 22.0 Å². The van der Waals surface area contributed by atoms with E-state index in [1.54, 1.807) is 12.5 Å². The molecule has 28 heavy (non-hydrogen) atoms. The van der Waals surface area contributed by atoms with Crippen molar-refractivity contribution in [1.82, 2.24) is 19.5 Å². The Bertz CT molecular complexity index is 1080. The van der Waals surface area contributed by atoms with Gasteiger partial charge in [-0.05, 0) is 30.7 Å². The van der Waals surface area contributed by atoms with E-state index in [1.165, 1.54) is 6.33 Å². The molecule has 4 rings (SSSR count). The summed E-state index contributed by atoms with van der Waals surface area (Å²) in [6.45, 7) is 1.40. The molecule has 0 spiro atoms. The number of fused-ring (bicyclic) bond motifs is 1. The van der Waals surface area contributed by atoms with Crippen molar-refractivity contribution in [3.8, 4) is 5.75 Å². The van der Waals surface area contributed by atoms with Crippen LogP contribution in [0.4, 0.5) is 17.2 Å². The van der Waals surface area contributed by atoms with E-state index >= 15 is 0 Å². The zero-order chi connectivity index (χ0) is 19.3. The number of nitrogens with two attached hydrogens (primary N) is 1. The molecule has 0 aliphatic rings. The highest BCUT2D eigenvalue weighted by molar-refractivity contribution is 9.10. The van der Waals surface area contributed by atoms with Gasteiger partial charge in [0.05, 0.1) is 24.1 Å². The largest absolute Gasteiger partial charge is 0.491 e. The van der Waals surface area contributed by atoms with Crippen LogP contribution >= 0.6 is 15.9 Å². The second-order valence-corrected chi connectivity index (χ2v) is 7.18. The van der Waals surface area contributed by atoms with Crippen molar-refractivity contribution >= 4 is 44.0 Å². The Labute approximate surface area is 170 Å². The number of anilines is 3. The summed E-state index contributed by atoms with van der Waals surface area (Å²) in [7, 11) is 0. The molecular formula is C20H19BrN6O. The number of halogens is 1. The highest BCUT2D eigenvalue weighted by Gasteiger charge is 2.10. The van der Waals surface area contributed by atoms with Crippen molar-refractivity contribution in [2.45, 2.75) is 13.0 Å². The quantitative estimate of drug-likeness (QED) is 0.328. The Morgan fingerprint density at radius 2 is 2.11 bits per heavy atom. The van der Waals surface area contributed by atoms with Gasteiger partial charge in [0.25, 0.3) is 0 Å². The lowest BCUT2D eigenvalue weighted by molar-refractivity contribution is 0.303. The number of hydrogen-bond donors (Lipinski definition) is 2. The first-order valence-corrected chi connectivity index (χ1v) is 9.64. The fraction of sp³-hybridized carbons (Fsp3) is 0.150. The van der Waals surface area contributed by atoms with Gasteiger partial charge in [-0.2, -0.15) is 0 Å². The molecule has 2 heterocycles. The average Bonchev–Trinajstić information content (AvgIpc) is 3.20. The van der Waals surface area contributed by atoms with Crippen molar-refractivity contribution in [2.24, 2.45) is 0 Å². The zero-order valence-electron chi connectivity index (χ0n) is 15.0. The molecule has 142 valence electrons. The van der Waals surface area contributed by atoms with Crippen LogP contribution in [0.25, 0.3) is 10.9 Å². The van der Waals surface area contributed by atoms with Gasteiger partial charge in [0.15, 0.2) is 0 Å². The smallest absolute Gasteiger partial charge is 0.144 e. The fourth-order valence-corrected chi connectivity index (χ4v) is 3.28. The third-order valence-electron chi connectivity index (χ3n) is 4.23. The van der Waals surface area contributed by atoms with E-state index in [0.717, 1.165) is 34.0 Å². The van der Waals surface area contributed by atoms with Crippen LogP contribution < -0.4 is 15.8 Å². The second-order valence-electron chi connectivity index (χ2n) is 6.27. The van der Waals surface area contributed by atoms with Crippen LogP contribution in [0.2, 0.25) is 0 Å². The van der Waals surface area contributed by atoms with Crippen molar-refractivity contribution in [3.63, 3.8) is 0 Å². The molecule has 0 radical (unpaired) electrons. The molecule has 0 saturated carbocycles. The van der Waals surface area contributed by atoms with Crippen molar-refractivity contribution in [3.05, 3.63) is 65.9 Å². The van der Waals surface area contributed by atoms with Gasteiger partial charge in [-0.15, -0.1) is 0 Å². The molecule has 0 saturated heterocycles. The maximum atomic E-state index is 6.22. The van der Waals surface area contributed by atoms with Crippen LogP contribution in [-0.4, -0.2) is 26.1 Å². The standard InChI is InChI=1S/C20H19BrN6O/c21-14-3-1-4-15(9-14)26-20-16-10-17(22)19(11-18(16)24-12-25-20)28-8-2-6-27-7-5-23-13-27/h1,3-5,7,9-13H,2,6,8,22H2,(H,24,25,26). The summed E-state index contributed by atoms with van der Waals surface area (Å²) in [5.41, 5.74) is 8.47. The van der Waals surface area contributed by atoms with E-state index in [1.807, 2.05) is 47.2 Å². The predicted octanol–water partition coefficient (Wildman–Crippen LogP) is 4.38. The van der Waals surface area contributed by atoms with E-state index in [0.29, 0.717) is 23.9 Å². The number of nitrogen functional groups attached to an aromatic ring is 1. The van der Waals surface area contributed by atoms with Gasteiger partial charge in [-0.25, -0.2) is 15.0 Å². The molecular weight excluding hydrogens is 420 g/mol. The summed E-state index contributed by atoms with van der Waals surface area (Å²) < 4.78 is 8.87. The molecule has 0 aliphatic heterocycles. The number of benzene rings is 2. The van der Waals surface area contributed by atoms with Gasteiger partial charge in [0.2, 0.25) is 0 Å². The Morgan fingerprint density at radius 1 is 1.18 bits per heavy atom. The highest BCUT2D eigenvalue weighted by atomic mass is 79.9. The number of hydrogen-bond acceptors (Lipinski definition) is 6. The van der Waals surface area contributed by atoms with Crippen LogP contribution in [0.5, 0.6) is 5.75 Å². The van der Waals surface area contributed by atoms with E-state index in [9.17, 15) is 0 Å². The topological polar surface area (TPSA) is 90.9 Å². The molecule has 7 nitrogen and oxygen atoms in total. The summed E-state index contributed by atoms with van der Waals surface area (Å²) >= 11 is 3.47. The minimum absolute atomic E-state index is 0.558. The van der Waals surface area contributed by atoms with Gasteiger partial charge < -0.3 is 20.4 Å². The lowest BCUT2D eigenvalue weighted by Crippen LogP contribution is -2.05. The Balaban J connectivity index is 1.50. The van der Waals surface area contributed by atoms with Gasteiger partial charge in [0.1, 0.15) is 17.9 Å². The fourth-order valence-electron chi connectivity index (χ4n) is 2.88. The maximum Gasteiger partial charge on any atom is 0.144 e. The predicted molar refractivity (Wildman–Crippen MR) is 114 cm³/mol. The number of ether oxygens (including phenoxy) is 1.